The molecule has 3 rings (SSSR count). The van der Waals surface area contributed by atoms with Gasteiger partial charge in [0.05, 0.1) is 11.6 Å². The molecule has 0 N–H and O–H groups in total. The quantitative estimate of drug-likeness (QED) is 0.505. The number of carbonyl (C=O) groups is 3. The zero-order valence-corrected chi connectivity index (χ0v) is 17.6. The van der Waals surface area contributed by atoms with Gasteiger partial charge in [0.25, 0.3) is 12.1 Å². The Morgan fingerprint density at radius 1 is 1.03 bits per heavy atom. The maximum atomic E-state index is 13.0. The second kappa shape index (κ2) is 8.43. The lowest BCUT2D eigenvalue weighted by Crippen LogP contribution is -2.40. The van der Waals surface area contributed by atoms with Crippen molar-refractivity contribution >= 4 is 46.8 Å². The zero-order valence-electron chi connectivity index (χ0n) is 16.1. The van der Waals surface area contributed by atoms with Crippen LogP contribution in [0, 0.1) is 5.92 Å². The Balaban J connectivity index is 1.92. The number of ether oxygens (including phenoxy) is 1. The molecule has 0 aliphatic carbocycles. The Labute approximate surface area is 178 Å². The molecule has 0 unspecified atom stereocenters. The summed E-state index contributed by atoms with van der Waals surface area (Å²) in [6.45, 7) is 3.76. The summed E-state index contributed by atoms with van der Waals surface area (Å²) in [5, 5.41) is 0.943. The molecule has 1 heterocycles. The van der Waals surface area contributed by atoms with Crippen molar-refractivity contribution in [2.45, 2.75) is 26.0 Å². The predicted octanol–water partition coefficient (Wildman–Crippen LogP) is 4.70. The highest BCUT2D eigenvalue weighted by atomic mass is 35.5. The van der Waals surface area contributed by atoms with Crippen molar-refractivity contribution in [3.8, 4) is 0 Å². The van der Waals surface area contributed by atoms with Crippen LogP contribution in [0.3, 0.4) is 0 Å². The van der Waals surface area contributed by atoms with Crippen LogP contribution in [0.5, 0.6) is 0 Å². The molecule has 6 nitrogen and oxygen atoms in total. The smallest absolute Gasteiger partial charge is 0.334 e. The van der Waals surface area contributed by atoms with E-state index in [-0.39, 0.29) is 5.92 Å². The number of amides is 3. The Kier molecular flexibility index (Phi) is 6.15. The molecule has 152 valence electrons. The number of hydrogen-bond donors (Lipinski definition) is 0. The molecule has 1 fully saturated rings. The van der Waals surface area contributed by atoms with E-state index >= 15 is 0 Å². The molecule has 1 aliphatic rings. The van der Waals surface area contributed by atoms with Crippen molar-refractivity contribution in [3.05, 3.63) is 64.1 Å². The van der Waals surface area contributed by atoms with E-state index in [0.717, 1.165) is 9.80 Å². The minimum atomic E-state index is -1.40. The van der Waals surface area contributed by atoms with E-state index in [1.54, 1.807) is 42.5 Å². The average molecular weight is 435 g/mol. The second-order valence-corrected chi connectivity index (χ2v) is 7.97. The van der Waals surface area contributed by atoms with E-state index in [0.29, 0.717) is 21.3 Å². The Morgan fingerprint density at radius 3 is 2.28 bits per heavy atom. The number of hydrogen-bond acceptors (Lipinski definition) is 4. The summed E-state index contributed by atoms with van der Waals surface area (Å²) in [7, 11) is 1.34. The average Bonchev–Trinajstić information content (AvgIpc) is 2.87. The third kappa shape index (κ3) is 4.23. The van der Waals surface area contributed by atoms with Crippen molar-refractivity contribution in [3.63, 3.8) is 0 Å². The van der Waals surface area contributed by atoms with E-state index in [4.69, 9.17) is 27.9 Å². The third-order valence-electron chi connectivity index (χ3n) is 4.73. The minimum absolute atomic E-state index is 0.103. The normalized spacial score (nSPS) is 17.8. The molecule has 29 heavy (non-hydrogen) atoms. The number of carbonyl (C=O) groups excluding carboxylic acids is 3. The van der Waals surface area contributed by atoms with E-state index in [9.17, 15) is 14.4 Å². The highest BCUT2D eigenvalue weighted by Gasteiger charge is 2.47. The minimum Gasteiger partial charge on any atom is -0.431 e. The van der Waals surface area contributed by atoms with Crippen molar-refractivity contribution in [1.82, 2.24) is 4.90 Å². The van der Waals surface area contributed by atoms with Crippen molar-refractivity contribution in [2.24, 2.45) is 5.92 Å². The number of benzene rings is 2. The number of imide groups is 1. The lowest BCUT2D eigenvalue weighted by atomic mass is 9.88. The number of rotatable bonds is 5. The Morgan fingerprint density at radius 2 is 1.69 bits per heavy atom. The van der Waals surface area contributed by atoms with Gasteiger partial charge in [-0.3, -0.25) is 14.5 Å². The second-order valence-electron chi connectivity index (χ2n) is 7.09. The van der Waals surface area contributed by atoms with Crippen LogP contribution in [-0.2, 0) is 14.3 Å². The number of anilines is 1. The summed E-state index contributed by atoms with van der Waals surface area (Å²) in [6, 6.07) is 12.7. The van der Waals surface area contributed by atoms with Gasteiger partial charge in [-0.25, -0.2) is 9.69 Å². The number of halogens is 2. The predicted molar refractivity (Wildman–Crippen MR) is 111 cm³/mol. The molecule has 2 atom stereocenters. The van der Waals surface area contributed by atoms with Gasteiger partial charge in [0.2, 0.25) is 0 Å². The first-order valence-corrected chi connectivity index (χ1v) is 9.78. The molecule has 2 aromatic carbocycles. The van der Waals surface area contributed by atoms with Crippen LogP contribution in [-0.4, -0.2) is 36.1 Å². The standard InChI is InChI=1S/C21H20Cl2N2O4/c1-12(2)17(13-7-9-14(22)10-8-13)20(27)29-19-18(26)24(3)21(28)25(19)16-6-4-5-15(23)11-16/h4-12,17,19H,1-3H3/t17-,19+/m1/s1. The fraction of sp³-hybridized carbons (Fsp3) is 0.286. The molecular weight excluding hydrogens is 415 g/mol. The molecule has 0 bridgehead atoms. The first-order valence-electron chi connectivity index (χ1n) is 9.03. The van der Waals surface area contributed by atoms with E-state index in [1.165, 1.54) is 13.1 Å². The molecule has 0 radical (unpaired) electrons. The van der Waals surface area contributed by atoms with Gasteiger partial charge >= 0.3 is 12.0 Å². The number of likely N-dealkylation sites (N-methyl/N-ethyl adjacent to an activating group) is 1. The molecule has 0 aromatic heterocycles. The molecular formula is C21H20Cl2N2O4. The molecule has 1 aliphatic heterocycles. The monoisotopic (exact) mass is 434 g/mol. The van der Waals surface area contributed by atoms with Gasteiger partial charge in [-0.1, -0.05) is 55.2 Å². The molecule has 0 saturated carbocycles. The van der Waals surface area contributed by atoms with Crippen LogP contribution in [0.2, 0.25) is 10.0 Å². The summed E-state index contributed by atoms with van der Waals surface area (Å²) < 4.78 is 5.58. The van der Waals surface area contributed by atoms with Crippen molar-refractivity contribution in [1.29, 1.82) is 0 Å². The number of esters is 1. The lowest BCUT2D eigenvalue weighted by molar-refractivity contribution is -0.158. The third-order valence-corrected chi connectivity index (χ3v) is 5.22. The van der Waals surface area contributed by atoms with Crippen LogP contribution >= 0.6 is 23.2 Å². The van der Waals surface area contributed by atoms with Crippen LogP contribution in [0.25, 0.3) is 0 Å². The molecule has 3 amide bonds. The summed E-state index contributed by atoms with van der Waals surface area (Å²) in [6.07, 6.45) is -1.40. The molecule has 8 heteroatoms. The van der Waals surface area contributed by atoms with E-state index in [1.807, 2.05) is 13.8 Å². The highest BCUT2D eigenvalue weighted by Crippen LogP contribution is 2.32. The molecule has 1 saturated heterocycles. The maximum Gasteiger partial charge on any atom is 0.334 e. The topological polar surface area (TPSA) is 66.9 Å². The molecule has 2 aromatic rings. The van der Waals surface area contributed by atoms with E-state index in [2.05, 4.69) is 0 Å². The first-order chi connectivity index (χ1) is 13.7. The lowest BCUT2D eigenvalue weighted by Gasteiger charge is -2.25. The van der Waals surface area contributed by atoms with Crippen molar-refractivity contribution in [2.75, 3.05) is 11.9 Å². The summed E-state index contributed by atoms with van der Waals surface area (Å²) in [4.78, 5) is 40.3. The fourth-order valence-electron chi connectivity index (χ4n) is 3.25. The van der Waals surface area contributed by atoms with Gasteiger partial charge < -0.3 is 4.74 Å². The van der Waals surface area contributed by atoms with Crippen LogP contribution in [0.15, 0.2) is 48.5 Å². The molecule has 0 spiro atoms. The zero-order chi connectivity index (χ0) is 21.3. The van der Waals surface area contributed by atoms with Crippen molar-refractivity contribution < 1.29 is 19.1 Å². The number of nitrogens with zero attached hydrogens (tertiary/aromatic N) is 2. The van der Waals surface area contributed by atoms with Crippen LogP contribution < -0.4 is 4.90 Å². The summed E-state index contributed by atoms with van der Waals surface area (Å²) in [5.41, 5.74) is 1.08. The Bertz CT molecular complexity index is 946. The summed E-state index contributed by atoms with van der Waals surface area (Å²) >= 11 is 12.0. The van der Waals surface area contributed by atoms with Gasteiger partial charge in [-0.05, 0) is 41.8 Å². The Hall–Kier alpha value is -2.57. The maximum absolute atomic E-state index is 13.0. The number of urea groups is 1. The van der Waals surface area contributed by atoms with Gasteiger partial charge in [0.1, 0.15) is 0 Å². The van der Waals surface area contributed by atoms with Gasteiger partial charge in [-0.15, -0.1) is 0 Å². The largest absolute Gasteiger partial charge is 0.431 e. The fourth-order valence-corrected chi connectivity index (χ4v) is 3.56. The highest BCUT2D eigenvalue weighted by molar-refractivity contribution is 6.31. The van der Waals surface area contributed by atoms with Crippen LogP contribution in [0.4, 0.5) is 10.5 Å². The SMILES string of the molecule is CC(C)[C@@H](C(=O)O[C@H]1C(=O)N(C)C(=O)N1c1cccc(Cl)c1)c1ccc(Cl)cc1. The summed E-state index contributed by atoms with van der Waals surface area (Å²) in [5.74, 6) is -1.95. The van der Waals surface area contributed by atoms with Gasteiger partial charge in [0, 0.05) is 17.1 Å². The van der Waals surface area contributed by atoms with E-state index < -0.39 is 30.1 Å². The first kappa shape index (κ1) is 21.1. The van der Waals surface area contributed by atoms with Crippen LogP contribution in [0.1, 0.15) is 25.3 Å². The van der Waals surface area contributed by atoms with Gasteiger partial charge in [0.15, 0.2) is 0 Å². The van der Waals surface area contributed by atoms with Gasteiger partial charge in [-0.2, -0.15) is 0 Å².